The first kappa shape index (κ1) is 16.4. The van der Waals surface area contributed by atoms with Crippen molar-refractivity contribution in [2.75, 3.05) is 40.4 Å². The minimum atomic E-state index is -0.889. The summed E-state index contributed by atoms with van der Waals surface area (Å²) >= 11 is 0. The first-order chi connectivity index (χ1) is 8.93. The SMILES string of the molecule is COC(O)N(C)C[C@@H]1CN(/C=C(\C)C(C)N)CCO1. The van der Waals surface area contributed by atoms with Gasteiger partial charge in [0.25, 0.3) is 0 Å². The third-order valence-electron chi connectivity index (χ3n) is 3.35. The number of ether oxygens (including phenoxy) is 2. The molecule has 0 aliphatic carbocycles. The Hall–Kier alpha value is -0.660. The Kier molecular flexibility index (Phi) is 6.74. The van der Waals surface area contributed by atoms with Gasteiger partial charge in [0, 0.05) is 32.8 Å². The molecule has 1 aliphatic heterocycles. The molecule has 3 N–H and O–H groups in total. The zero-order valence-electron chi connectivity index (χ0n) is 12.4. The summed E-state index contributed by atoms with van der Waals surface area (Å²) in [5.41, 5.74) is 7.00. The summed E-state index contributed by atoms with van der Waals surface area (Å²) in [6.07, 6.45) is 1.27. The molecule has 1 heterocycles. The van der Waals surface area contributed by atoms with Crippen LogP contribution in [0.4, 0.5) is 0 Å². The fraction of sp³-hybridized carbons (Fsp3) is 0.846. The monoisotopic (exact) mass is 273 g/mol. The Balaban J connectivity index is 2.48. The van der Waals surface area contributed by atoms with Gasteiger partial charge in [-0.1, -0.05) is 0 Å². The van der Waals surface area contributed by atoms with Crippen LogP contribution in [0.5, 0.6) is 0 Å². The zero-order chi connectivity index (χ0) is 14.4. The van der Waals surface area contributed by atoms with Crippen LogP contribution in [0.25, 0.3) is 0 Å². The lowest BCUT2D eigenvalue weighted by Gasteiger charge is -2.35. The standard InChI is InChI=1S/C13H27N3O3/c1-10(11(2)14)7-16-5-6-19-12(9-16)8-15(3)13(17)18-4/h7,11-13,17H,5-6,8-9,14H2,1-4H3/b10-7+/t11?,12-,13?/m1/s1. The molecule has 1 fully saturated rings. The van der Waals surface area contributed by atoms with Gasteiger partial charge >= 0.3 is 0 Å². The lowest BCUT2D eigenvalue weighted by molar-refractivity contribution is -0.179. The molecule has 112 valence electrons. The molecule has 3 atom stereocenters. The molecule has 0 radical (unpaired) electrons. The number of rotatable bonds is 6. The number of aliphatic hydroxyl groups is 1. The maximum Gasteiger partial charge on any atom is 0.215 e. The Bertz CT molecular complexity index is 297. The van der Waals surface area contributed by atoms with Crippen LogP contribution in [0.15, 0.2) is 11.8 Å². The van der Waals surface area contributed by atoms with E-state index in [0.717, 1.165) is 18.7 Å². The summed E-state index contributed by atoms with van der Waals surface area (Å²) < 4.78 is 10.6. The van der Waals surface area contributed by atoms with Crippen molar-refractivity contribution in [2.24, 2.45) is 5.73 Å². The molecular formula is C13H27N3O3. The lowest BCUT2D eigenvalue weighted by Crippen LogP contribution is -2.47. The molecule has 0 saturated carbocycles. The number of morpholine rings is 1. The molecule has 0 bridgehead atoms. The van der Waals surface area contributed by atoms with Crippen molar-refractivity contribution in [1.29, 1.82) is 0 Å². The number of nitrogens with zero attached hydrogens (tertiary/aromatic N) is 2. The van der Waals surface area contributed by atoms with Crippen LogP contribution in [-0.2, 0) is 9.47 Å². The number of hydrogen-bond acceptors (Lipinski definition) is 6. The van der Waals surface area contributed by atoms with Crippen LogP contribution < -0.4 is 5.73 Å². The van der Waals surface area contributed by atoms with Gasteiger partial charge in [-0.2, -0.15) is 0 Å². The summed E-state index contributed by atoms with van der Waals surface area (Å²) in [5, 5.41) is 9.55. The molecule has 0 spiro atoms. The highest BCUT2D eigenvalue weighted by atomic mass is 16.6. The number of aliphatic hydroxyl groups excluding tert-OH is 1. The highest BCUT2D eigenvalue weighted by Crippen LogP contribution is 2.10. The molecule has 19 heavy (non-hydrogen) atoms. The van der Waals surface area contributed by atoms with Crippen LogP contribution in [0, 0.1) is 0 Å². The zero-order valence-corrected chi connectivity index (χ0v) is 12.4. The van der Waals surface area contributed by atoms with Crippen LogP contribution in [0.1, 0.15) is 13.8 Å². The molecule has 1 aliphatic rings. The van der Waals surface area contributed by atoms with E-state index in [1.807, 2.05) is 13.8 Å². The maximum absolute atomic E-state index is 9.55. The largest absolute Gasteiger partial charge is 0.373 e. The van der Waals surface area contributed by atoms with Crippen molar-refractivity contribution in [2.45, 2.75) is 32.4 Å². The molecule has 6 heteroatoms. The van der Waals surface area contributed by atoms with Crippen molar-refractivity contribution < 1.29 is 14.6 Å². The molecule has 0 aromatic carbocycles. The normalized spacial score (nSPS) is 24.7. The molecule has 6 nitrogen and oxygen atoms in total. The van der Waals surface area contributed by atoms with E-state index in [1.165, 1.54) is 7.11 Å². The maximum atomic E-state index is 9.55. The van der Waals surface area contributed by atoms with E-state index in [2.05, 4.69) is 11.1 Å². The fourth-order valence-electron chi connectivity index (χ4n) is 1.97. The van der Waals surface area contributed by atoms with E-state index >= 15 is 0 Å². The topological polar surface area (TPSA) is 71.2 Å². The van der Waals surface area contributed by atoms with Gasteiger partial charge in [-0.05, 0) is 32.7 Å². The molecule has 1 saturated heterocycles. The van der Waals surface area contributed by atoms with E-state index in [4.69, 9.17) is 15.2 Å². The van der Waals surface area contributed by atoms with Crippen LogP contribution >= 0.6 is 0 Å². The summed E-state index contributed by atoms with van der Waals surface area (Å²) in [5.74, 6) is 0. The average Bonchev–Trinajstić information content (AvgIpc) is 2.37. The molecule has 0 aromatic rings. The molecule has 0 aromatic heterocycles. The second-order valence-corrected chi connectivity index (χ2v) is 5.15. The minimum absolute atomic E-state index is 0.0562. The smallest absolute Gasteiger partial charge is 0.215 e. The van der Waals surface area contributed by atoms with E-state index in [-0.39, 0.29) is 12.1 Å². The Morgan fingerprint density at radius 2 is 2.37 bits per heavy atom. The van der Waals surface area contributed by atoms with Gasteiger partial charge in [-0.25, -0.2) is 0 Å². The van der Waals surface area contributed by atoms with E-state index in [9.17, 15) is 5.11 Å². The second-order valence-electron chi connectivity index (χ2n) is 5.15. The predicted molar refractivity (Wildman–Crippen MR) is 74.4 cm³/mol. The third-order valence-corrected chi connectivity index (χ3v) is 3.35. The van der Waals surface area contributed by atoms with Gasteiger partial charge in [-0.3, -0.25) is 4.90 Å². The Morgan fingerprint density at radius 3 is 2.95 bits per heavy atom. The van der Waals surface area contributed by atoms with Gasteiger partial charge in [0.1, 0.15) is 0 Å². The van der Waals surface area contributed by atoms with Gasteiger partial charge in [0.05, 0.1) is 12.7 Å². The number of likely N-dealkylation sites (N-methyl/N-ethyl adjacent to an activating group) is 1. The molecule has 1 rings (SSSR count). The van der Waals surface area contributed by atoms with Crippen LogP contribution in [0.2, 0.25) is 0 Å². The Labute approximate surface area is 115 Å². The van der Waals surface area contributed by atoms with E-state index in [1.54, 1.807) is 11.9 Å². The van der Waals surface area contributed by atoms with Crippen molar-refractivity contribution in [3.63, 3.8) is 0 Å². The molecular weight excluding hydrogens is 246 g/mol. The fourth-order valence-corrected chi connectivity index (χ4v) is 1.97. The van der Waals surface area contributed by atoms with Gasteiger partial charge in [0.15, 0.2) is 0 Å². The van der Waals surface area contributed by atoms with E-state index in [0.29, 0.717) is 13.2 Å². The summed E-state index contributed by atoms with van der Waals surface area (Å²) in [4.78, 5) is 3.94. The van der Waals surface area contributed by atoms with Crippen LogP contribution in [-0.4, -0.2) is 73.9 Å². The second kappa shape index (κ2) is 7.81. The first-order valence-corrected chi connectivity index (χ1v) is 6.64. The molecule has 2 unspecified atom stereocenters. The van der Waals surface area contributed by atoms with Crippen molar-refractivity contribution in [3.05, 3.63) is 11.8 Å². The summed E-state index contributed by atoms with van der Waals surface area (Å²) in [7, 11) is 3.28. The minimum Gasteiger partial charge on any atom is -0.373 e. The quantitative estimate of drug-likeness (QED) is 0.653. The van der Waals surface area contributed by atoms with E-state index < -0.39 is 6.41 Å². The number of methoxy groups -OCH3 is 1. The van der Waals surface area contributed by atoms with Gasteiger partial charge < -0.3 is 25.2 Å². The Morgan fingerprint density at radius 1 is 1.68 bits per heavy atom. The highest BCUT2D eigenvalue weighted by Gasteiger charge is 2.22. The van der Waals surface area contributed by atoms with Gasteiger partial charge in [0.2, 0.25) is 6.41 Å². The van der Waals surface area contributed by atoms with Crippen molar-refractivity contribution in [1.82, 2.24) is 9.80 Å². The number of hydrogen-bond donors (Lipinski definition) is 2. The third kappa shape index (κ3) is 5.46. The summed E-state index contributed by atoms with van der Waals surface area (Å²) in [6, 6.07) is 0.0688. The highest BCUT2D eigenvalue weighted by molar-refractivity contribution is 5.05. The lowest BCUT2D eigenvalue weighted by atomic mass is 10.1. The van der Waals surface area contributed by atoms with Crippen molar-refractivity contribution in [3.8, 4) is 0 Å². The van der Waals surface area contributed by atoms with Gasteiger partial charge in [-0.15, -0.1) is 0 Å². The van der Waals surface area contributed by atoms with Crippen molar-refractivity contribution >= 4 is 0 Å². The molecule has 0 amide bonds. The van der Waals surface area contributed by atoms with Crippen LogP contribution in [0.3, 0.4) is 0 Å². The predicted octanol–water partition coefficient (Wildman–Crippen LogP) is -0.208. The first-order valence-electron chi connectivity index (χ1n) is 6.64. The average molecular weight is 273 g/mol. The number of nitrogens with two attached hydrogens (primary N) is 1. The summed E-state index contributed by atoms with van der Waals surface area (Å²) in [6.45, 7) is 6.99.